The highest BCUT2D eigenvalue weighted by Crippen LogP contribution is 2.50. The first-order valence-electron chi connectivity index (χ1n) is 13.5. The summed E-state index contributed by atoms with van der Waals surface area (Å²) in [5, 5.41) is 0. The maximum atomic E-state index is 13.8. The second kappa shape index (κ2) is 8.65. The number of urea groups is 1. The molecule has 1 heterocycles. The van der Waals surface area contributed by atoms with Crippen molar-refractivity contribution in [2.24, 2.45) is 17.3 Å². The monoisotopic (exact) mass is 465 g/mol. The number of hydrogen-bond acceptors (Lipinski definition) is 3. The summed E-state index contributed by atoms with van der Waals surface area (Å²) < 4.78 is 0. The average molecular weight is 466 g/mol. The fourth-order valence-electron chi connectivity index (χ4n) is 7.38. The molecule has 0 radical (unpaired) electrons. The Hall–Kier alpha value is -1.88. The zero-order chi connectivity index (χ0) is 24.1. The lowest BCUT2D eigenvalue weighted by Gasteiger charge is -2.51. The lowest BCUT2D eigenvalue weighted by atomic mass is 9.68. The van der Waals surface area contributed by atoms with Crippen LogP contribution in [0.3, 0.4) is 0 Å². The van der Waals surface area contributed by atoms with Crippen molar-refractivity contribution < 1.29 is 9.59 Å². The first-order valence-corrected chi connectivity index (χ1v) is 13.5. The molecule has 4 aliphatic rings. The van der Waals surface area contributed by atoms with E-state index < -0.39 is 0 Å². The van der Waals surface area contributed by atoms with Crippen LogP contribution in [0.15, 0.2) is 30.3 Å². The number of nitrogens with zero attached hydrogens (tertiary/aromatic N) is 3. The molecule has 1 aliphatic heterocycles. The fourth-order valence-corrected chi connectivity index (χ4v) is 7.38. The number of ketones is 1. The van der Waals surface area contributed by atoms with Crippen LogP contribution in [0.4, 0.5) is 4.79 Å². The average Bonchev–Trinajstić information content (AvgIpc) is 3.48. The normalized spacial score (nSPS) is 32.4. The Balaban J connectivity index is 1.38. The van der Waals surface area contributed by atoms with Gasteiger partial charge in [-0.05, 0) is 82.4 Å². The van der Waals surface area contributed by atoms with Gasteiger partial charge in [0.15, 0.2) is 0 Å². The molecule has 186 valence electrons. The van der Waals surface area contributed by atoms with Gasteiger partial charge in [0.2, 0.25) is 0 Å². The molecule has 4 fully saturated rings. The molecular formula is C29H43N3O2. The van der Waals surface area contributed by atoms with E-state index in [0.717, 1.165) is 51.6 Å². The van der Waals surface area contributed by atoms with Crippen LogP contribution in [0, 0.1) is 17.3 Å². The molecule has 3 saturated carbocycles. The Morgan fingerprint density at radius 1 is 1.00 bits per heavy atom. The zero-order valence-corrected chi connectivity index (χ0v) is 21.7. The van der Waals surface area contributed by atoms with Gasteiger partial charge in [-0.25, -0.2) is 4.79 Å². The number of carbonyl (C=O) groups is 2. The molecule has 34 heavy (non-hydrogen) atoms. The van der Waals surface area contributed by atoms with E-state index in [9.17, 15) is 9.59 Å². The van der Waals surface area contributed by atoms with Gasteiger partial charge in [0.05, 0.1) is 5.54 Å². The molecule has 1 unspecified atom stereocenters. The summed E-state index contributed by atoms with van der Waals surface area (Å²) in [6.45, 7) is 6.84. The number of carbonyl (C=O) groups excluding carboxylic acids is 2. The van der Waals surface area contributed by atoms with Crippen molar-refractivity contribution in [1.29, 1.82) is 0 Å². The molecule has 0 bridgehead atoms. The van der Waals surface area contributed by atoms with Crippen molar-refractivity contribution in [2.45, 2.75) is 82.7 Å². The van der Waals surface area contributed by atoms with Gasteiger partial charge in [0.25, 0.3) is 0 Å². The predicted molar refractivity (Wildman–Crippen MR) is 136 cm³/mol. The fraction of sp³-hybridized carbons (Fsp3) is 0.724. The standard InChI is InChI=1S/C29H43N3O2/c1-27(2,24-11-8-12-25(24)33)20-31-21-28(32(26(31)34)19-22-13-14-22)15-17-29(18-16-28,30(3)4)23-9-6-5-7-10-23/h5-7,9-10,22,24H,8,11-21H2,1-4H3. The van der Waals surface area contributed by atoms with Gasteiger partial charge in [-0.15, -0.1) is 0 Å². The highest BCUT2D eigenvalue weighted by atomic mass is 16.2. The Morgan fingerprint density at radius 3 is 2.24 bits per heavy atom. The van der Waals surface area contributed by atoms with Crippen LogP contribution in [0.1, 0.15) is 77.2 Å². The topological polar surface area (TPSA) is 43.9 Å². The van der Waals surface area contributed by atoms with Crippen molar-refractivity contribution in [1.82, 2.24) is 14.7 Å². The SMILES string of the molecule is CN(C)C1(c2ccccc2)CCC2(CC1)CN(CC(C)(C)C1CCCC1=O)C(=O)N2CC1CC1. The van der Waals surface area contributed by atoms with E-state index in [1.807, 2.05) is 0 Å². The Morgan fingerprint density at radius 2 is 1.68 bits per heavy atom. The van der Waals surface area contributed by atoms with Gasteiger partial charge in [0, 0.05) is 37.5 Å². The van der Waals surface area contributed by atoms with Gasteiger partial charge in [-0.1, -0.05) is 44.2 Å². The largest absolute Gasteiger partial charge is 0.322 e. The number of benzene rings is 1. The summed E-state index contributed by atoms with van der Waals surface area (Å²) in [5.74, 6) is 1.18. The maximum Gasteiger partial charge on any atom is 0.320 e. The van der Waals surface area contributed by atoms with Gasteiger partial charge >= 0.3 is 6.03 Å². The van der Waals surface area contributed by atoms with Crippen LogP contribution in [0.25, 0.3) is 0 Å². The maximum absolute atomic E-state index is 13.8. The van der Waals surface area contributed by atoms with Gasteiger partial charge in [-0.3, -0.25) is 9.69 Å². The molecule has 0 N–H and O–H groups in total. The Labute approximate surface area is 205 Å². The summed E-state index contributed by atoms with van der Waals surface area (Å²) in [6.07, 6.45) is 9.42. The minimum atomic E-state index is -0.161. The van der Waals surface area contributed by atoms with E-state index >= 15 is 0 Å². The molecule has 0 aromatic heterocycles. The zero-order valence-electron chi connectivity index (χ0n) is 21.7. The lowest BCUT2D eigenvalue weighted by molar-refractivity contribution is -0.124. The van der Waals surface area contributed by atoms with E-state index in [4.69, 9.17) is 0 Å². The summed E-state index contributed by atoms with van der Waals surface area (Å²) in [6, 6.07) is 11.2. The van der Waals surface area contributed by atoms with E-state index in [1.54, 1.807) is 0 Å². The van der Waals surface area contributed by atoms with E-state index in [-0.39, 0.29) is 28.4 Å². The number of Topliss-reactive ketones (excluding diaryl/α,β-unsaturated/α-hetero) is 1. The highest BCUT2D eigenvalue weighted by molar-refractivity contribution is 5.84. The quantitative estimate of drug-likeness (QED) is 0.549. The molecule has 1 aromatic carbocycles. The lowest BCUT2D eigenvalue weighted by Crippen LogP contribution is -2.55. The van der Waals surface area contributed by atoms with E-state index in [2.05, 4.69) is 73.0 Å². The van der Waals surface area contributed by atoms with Gasteiger partial charge in [0.1, 0.15) is 5.78 Å². The van der Waals surface area contributed by atoms with Crippen LogP contribution in [0.5, 0.6) is 0 Å². The molecular weight excluding hydrogens is 422 g/mol. The van der Waals surface area contributed by atoms with Crippen molar-refractivity contribution in [2.75, 3.05) is 33.7 Å². The van der Waals surface area contributed by atoms with E-state index in [1.165, 1.54) is 18.4 Å². The van der Waals surface area contributed by atoms with Crippen LogP contribution < -0.4 is 0 Å². The van der Waals surface area contributed by atoms with Crippen molar-refractivity contribution in [3.8, 4) is 0 Å². The number of hydrogen-bond donors (Lipinski definition) is 0. The molecule has 5 nitrogen and oxygen atoms in total. The third kappa shape index (κ3) is 4.08. The molecule has 1 saturated heterocycles. The summed E-state index contributed by atoms with van der Waals surface area (Å²) in [4.78, 5) is 33.2. The summed E-state index contributed by atoms with van der Waals surface area (Å²) >= 11 is 0. The van der Waals surface area contributed by atoms with Crippen molar-refractivity contribution in [3.05, 3.63) is 35.9 Å². The number of rotatable bonds is 7. The first kappa shape index (κ1) is 23.8. The van der Waals surface area contributed by atoms with E-state index in [0.29, 0.717) is 24.7 Å². The highest BCUT2D eigenvalue weighted by Gasteiger charge is 2.56. The van der Waals surface area contributed by atoms with Gasteiger partial charge in [-0.2, -0.15) is 0 Å². The molecule has 5 heteroatoms. The molecule has 2 amide bonds. The minimum Gasteiger partial charge on any atom is -0.322 e. The van der Waals surface area contributed by atoms with Crippen LogP contribution in [0.2, 0.25) is 0 Å². The molecule has 5 rings (SSSR count). The summed E-state index contributed by atoms with van der Waals surface area (Å²) in [5.41, 5.74) is 1.20. The van der Waals surface area contributed by atoms with Crippen LogP contribution in [-0.2, 0) is 10.3 Å². The Kier molecular flexibility index (Phi) is 6.07. The van der Waals surface area contributed by atoms with Crippen LogP contribution >= 0.6 is 0 Å². The van der Waals surface area contributed by atoms with Crippen LogP contribution in [-0.4, -0.2) is 65.8 Å². The molecule has 1 aromatic rings. The summed E-state index contributed by atoms with van der Waals surface area (Å²) in [7, 11) is 4.42. The second-order valence-corrected chi connectivity index (χ2v) is 12.6. The third-order valence-corrected chi connectivity index (χ3v) is 9.72. The second-order valence-electron chi connectivity index (χ2n) is 12.6. The smallest absolute Gasteiger partial charge is 0.320 e. The molecule has 1 spiro atoms. The Bertz CT molecular complexity index is 913. The molecule has 1 atom stereocenters. The van der Waals surface area contributed by atoms with Crippen molar-refractivity contribution >= 4 is 11.8 Å². The minimum absolute atomic E-state index is 0.0315. The number of amides is 2. The third-order valence-electron chi connectivity index (χ3n) is 9.72. The van der Waals surface area contributed by atoms with Gasteiger partial charge < -0.3 is 9.80 Å². The van der Waals surface area contributed by atoms with Crippen molar-refractivity contribution in [3.63, 3.8) is 0 Å². The predicted octanol–water partition coefficient (Wildman–Crippen LogP) is 5.30. The first-order chi connectivity index (χ1) is 16.2. The molecule has 3 aliphatic carbocycles.